The molecule has 0 radical (unpaired) electrons. The van der Waals surface area contributed by atoms with Crippen LogP contribution in [-0.4, -0.2) is 17.1 Å². The Morgan fingerprint density at radius 1 is 1.35 bits per heavy atom. The lowest BCUT2D eigenvalue weighted by Gasteiger charge is -2.35. The molecule has 1 aliphatic carbocycles. The standard InChI is InChI=1S/C16H24N2O2/c1-9-5-4-6-14(11(9)3)18-12-7-10(2)15(17)13(8-12)16(19)20/h7-9,11,14,18H,4-6,17H2,1-3H3,(H,19,20). The van der Waals surface area contributed by atoms with Gasteiger partial charge < -0.3 is 16.2 Å². The quantitative estimate of drug-likeness (QED) is 0.738. The number of hydrogen-bond donors (Lipinski definition) is 3. The number of nitrogens with one attached hydrogen (secondary N) is 1. The molecule has 4 nitrogen and oxygen atoms in total. The first-order valence-corrected chi connectivity index (χ1v) is 7.30. The molecule has 0 amide bonds. The summed E-state index contributed by atoms with van der Waals surface area (Å²) in [5.74, 6) is 0.323. The van der Waals surface area contributed by atoms with Gasteiger partial charge in [-0.15, -0.1) is 0 Å². The highest BCUT2D eigenvalue weighted by molar-refractivity contribution is 5.95. The lowest BCUT2D eigenvalue weighted by Crippen LogP contribution is -2.35. The van der Waals surface area contributed by atoms with E-state index >= 15 is 0 Å². The molecule has 1 aromatic carbocycles. The molecule has 2 rings (SSSR count). The summed E-state index contributed by atoms with van der Waals surface area (Å²) in [7, 11) is 0. The molecule has 3 unspecified atom stereocenters. The van der Waals surface area contributed by atoms with Crippen LogP contribution in [0.1, 0.15) is 49.0 Å². The van der Waals surface area contributed by atoms with Gasteiger partial charge in [-0.1, -0.05) is 26.7 Å². The molecular weight excluding hydrogens is 252 g/mol. The van der Waals surface area contributed by atoms with E-state index in [1.165, 1.54) is 12.8 Å². The summed E-state index contributed by atoms with van der Waals surface area (Å²) in [6.45, 7) is 6.40. The largest absolute Gasteiger partial charge is 0.478 e. The van der Waals surface area contributed by atoms with E-state index in [1.807, 2.05) is 13.0 Å². The van der Waals surface area contributed by atoms with Crippen molar-refractivity contribution in [2.24, 2.45) is 11.8 Å². The van der Waals surface area contributed by atoms with Crippen LogP contribution in [0.15, 0.2) is 12.1 Å². The fourth-order valence-electron chi connectivity index (χ4n) is 3.06. The van der Waals surface area contributed by atoms with E-state index in [4.69, 9.17) is 5.73 Å². The molecule has 1 aromatic rings. The predicted octanol–water partition coefficient (Wildman–Crippen LogP) is 3.51. The highest BCUT2D eigenvalue weighted by Gasteiger charge is 2.27. The molecule has 20 heavy (non-hydrogen) atoms. The molecule has 1 aliphatic rings. The van der Waals surface area contributed by atoms with Crippen LogP contribution in [0.5, 0.6) is 0 Å². The van der Waals surface area contributed by atoms with Gasteiger partial charge in [0.25, 0.3) is 0 Å². The molecule has 0 spiro atoms. The lowest BCUT2D eigenvalue weighted by molar-refractivity contribution is 0.0698. The zero-order valence-electron chi connectivity index (χ0n) is 12.4. The topological polar surface area (TPSA) is 75.3 Å². The van der Waals surface area contributed by atoms with Crippen LogP contribution in [0.4, 0.5) is 11.4 Å². The Morgan fingerprint density at radius 3 is 2.70 bits per heavy atom. The van der Waals surface area contributed by atoms with Gasteiger partial charge in [-0.2, -0.15) is 0 Å². The minimum absolute atomic E-state index is 0.184. The predicted molar refractivity (Wildman–Crippen MR) is 82.1 cm³/mol. The summed E-state index contributed by atoms with van der Waals surface area (Å²) in [6.07, 6.45) is 3.64. The molecule has 4 heteroatoms. The summed E-state index contributed by atoms with van der Waals surface area (Å²) in [4.78, 5) is 11.2. The number of aromatic carboxylic acids is 1. The normalized spacial score (nSPS) is 26.2. The summed E-state index contributed by atoms with van der Waals surface area (Å²) in [5, 5.41) is 12.7. The average Bonchev–Trinajstić information content (AvgIpc) is 2.38. The van der Waals surface area contributed by atoms with Gasteiger partial charge >= 0.3 is 5.97 Å². The van der Waals surface area contributed by atoms with E-state index in [9.17, 15) is 9.90 Å². The van der Waals surface area contributed by atoms with E-state index in [0.717, 1.165) is 17.7 Å². The zero-order valence-corrected chi connectivity index (χ0v) is 12.4. The van der Waals surface area contributed by atoms with Crippen LogP contribution >= 0.6 is 0 Å². The van der Waals surface area contributed by atoms with Gasteiger partial charge in [0.15, 0.2) is 0 Å². The van der Waals surface area contributed by atoms with Crippen molar-refractivity contribution in [1.82, 2.24) is 0 Å². The summed E-state index contributed by atoms with van der Waals surface area (Å²) in [5.41, 5.74) is 8.04. The maximum Gasteiger partial charge on any atom is 0.337 e. The number of carboxylic acid groups (broad SMARTS) is 1. The van der Waals surface area contributed by atoms with Crippen LogP contribution in [-0.2, 0) is 0 Å². The van der Waals surface area contributed by atoms with Gasteiger partial charge in [-0.25, -0.2) is 4.79 Å². The molecule has 1 saturated carbocycles. The number of carboxylic acids is 1. The Kier molecular flexibility index (Phi) is 4.21. The highest BCUT2D eigenvalue weighted by Crippen LogP contribution is 2.32. The Bertz CT molecular complexity index is 513. The molecule has 0 heterocycles. The Hall–Kier alpha value is -1.71. The first-order valence-electron chi connectivity index (χ1n) is 7.30. The fraction of sp³-hybridized carbons (Fsp3) is 0.562. The summed E-state index contributed by atoms with van der Waals surface area (Å²) < 4.78 is 0. The maximum atomic E-state index is 11.2. The van der Waals surface area contributed by atoms with E-state index < -0.39 is 5.97 Å². The first kappa shape index (κ1) is 14.7. The average molecular weight is 276 g/mol. The third-order valence-corrected chi connectivity index (χ3v) is 4.68. The number of benzene rings is 1. The molecule has 1 fully saturated rings. The van der Waals surface area contributed by atoms with Crippen molar-refractivity contribution in [2.45, 2.75) is 46.1 Å². The van der Waals surface area contributed by atoms with Crippen LogP contribution < -0.4 is 11.1 Å². The fourth-order valence-corrected chi connectivity index (χ4v) is 3.06. The number of nitrogen functional groups attached to an aromatic ring is 1. The van der Waals surface area contributed by atoms with Crippen molar-refractivity contribution >= 4 is 17.3 Å². The van der Waals surface area contributed by atoms with Gasteiger partial charge in [0.05, 0.1) is 5.56 Å². The Morgan fingerprint density at radius 2 is 2.05 bits per heavy atom. The number of hydrogen-bond acceptors (Lipinski definition) is 3. The van der Waals surface area contributed by atoms with Crippen molar-refractivity contribution in [3.63, 3.8) is 0 Å². The van der Waals surface area contributed by atoms with Crippen LogP contribution in [0, 0.1) is 18.8 Å². The molecule has 0 aromatic heterocycles. The van der Waals surface area contributed by atoms with Crippen molar-refractivity contribution < 1.29 is 9.90 Å². The van der Waals surface area contributed by atoms with Crippen molar-refractivity contribution in [2.75, 3.05) is 11.1 Å². The third kappa shape index (κ3) is 2.89. The number of anilines is 2. The molecule has 0 saturated heterocycles. The van der Waals surface area contributed by atoms with Gasteiger partial charge in [0.2, 0.25) is 0 Å². The van der Waals surface area contributed by atoms with Gasteiger partial charge in [0.1, 0.15) is 0 Å². The van der Waals surface area contributed by atoms with E-state index in [2.05, 4.69) is 19.2 Å². The molecule has 4 N–H and O–H groups in total. The first-order chi connectivity index (χ1) is 9.40. The number of rotatable bonds is 3. The molecule has 110 valence electrons. The number of nitrogens with two attached hydrogens (primary N) is 1. The number of carbonyl (C=O) groups is 1. The van der Waals surface area contributed by atoms with Gasteiger partial charge in [-0.05, 0) is 42.9 Å². The van der Waals surface area contributed by atoms with E-state index in [1.54, 1.807) is 6.07 Å². The Balaban J connectivity index is 2.23. The van der Waals surface area contributed by atoms with E-state index in [-0.39, 0.29) is 5.56 Å². The lowest BCUT2D eigenvalue weighted by atomic mass is 9.78. The minimum Gasteiger partial charge on any atom is -0.478 e. The second kappa shape index (κ2) is 5.73. The smallest absolute Gasteiger partial charge is 0.337 e. The number of aryl methyl sites for hydroxylation is 1. The van der Waals surface area contributed by atoms with Gasteiger partial charge in [0, 0.05) is 17.4 Å². The molecule has 0 bridgehead atoms. The summed E-state index contributed by atoms with van der Waals surface area (Å²) >= 11 is 0. The molecular formula is C16H24N2O2. The molecule has 3 atom stereocenters. The minimum atomic E-state index is -0.973. The highest BCUT2D eigenvalue weighted by atomic mass is 16.4. The molecule has 0 aliphatic heterocycles. The van der Waals surface area contributed by atoms with E-state index in [0.29, 0.717) is 23.6 Å². The SMILES string of the molecule is Cc1cc(NC2CCCC(C)C2C)cc(C(=O)O)c1N. The van der Waals surface area contributed by atoms with Gasteiger partial charge in [-0.3, -0.25) is 0 Å². The summed E-state index contributed by atoms with van der Waals surface area (Å²) in [6, 6.07) is 3.99. The second-order valence-corrected chi connectivity index (χ2v) is 6.08. The van der Waals surface area contributed by atoms with Crippen LogP contribution in [0.2, 0.25) is 0 Å². The Labute approximate surface area is 120 Å². The van der Waals surface area contributed by atoms with Crippen molar-refractivity contribution in [3.8, 4) is 0 Å². The zero-order chi connectivity index (χ0) is 14.9. The van der Waals surface area contributed by atoms with Crippen molar-refractivity contribution in [3.05, 3.63) is 23.3 Å². The maximum absolute atomic E-state index is 11.2. The third-order valence-electron chi connectivity index (χ3n) is 4.68. The van der Waals surface area contributed by atoms with Crippen molar-refractivity contribution in [1.29, 1.82) is 0 Å². The van der Waals surface area contributed by atoms with Crippen LogP contribution in [0.25, 0.3) is 0 Å². The van der Waals surface area contributed by atoms with Crippen LogP contribution in [0.3, 0.4) is 0 Å². The second-order valence-electron chi connectivity index (χ2n) is 6.08. The monoisotopic (exact) mass is 276 g/mol.